The van der Waals surface area contributed by atoms with Gasteiger partial charge in [0.05, 0.1) is 17.9 Å². The van der Waals surface area contributed by atoms with E-state index in [2.05, 4.69) is 10.1 Å². The summed E-state index contributed by atoms with van der Waals surface area (Å²) >= 11 is 1.41. The fraction of sp³-hybridized carbons (Fsp3) is 0.333. The van der Waals surface area contributed by atoms with E-state index in [9.17, 15) is 14.7 Å². The van der Waals surface area contributed by atoms with E-state index in [1.165, 1.54) is 16.2 Å². The van der Waals surface area contributed by atoms with Gasteiger partial charge in [-0.2, -0.15) is 5.10 Å². The standard InChI is InChI=1S/C21H23N5O3S/c1-2-9-25(17-8-10-24(13-17)21(28)29)20(27)18-14-30-19(23-18)15-11-22-26(12-15)16-6-4-3-5-7-16/h3-7,11-12,14,17H,2,8-10,13H2,1H3,(H,28,29)/t17-/m0/s1. The van der Waals surface area contributed by atoms with Crippen LogP contribution in [0.3, 0.4) is 0 Å². The number of carboxylic acid groups (broad SMARTS) is 1. The molecule has 0 radical (unpaired) electrons. The zero-order valence-electron chi connectivity index (χ0n) is 16.6. The van der Waals surface area contributed by atoms with Crippen molar-refractivity contribution in [3.8, 4) is 16.3 Å². The second-order valence-electron chi connectivity index (χ2n) is 7.22. The SMILES string of the molecule is CCCN(C(=O)c1csc(-c2cnn(-c3ccccc3)c2)n1)[C@H]1CCN(C(=O)O)C1. The van der Waals surface area contributed by atoms with Gasteiger partial charge in [-0.25, -0.2) is 14.5 Å². The number of para-hydroxylation sites is 1. The maximum Gasteiger partial charge on any atom is 0.407 e. The Morgan fingerprint density at radius 2 is 2.10 bits per heavy atom. The van der Waals surface area contributed by atoms with Crippen LogP contribution in [0.25, 0.3) is 16.3 Å². The van der Waals surface area contributed by atoms with Crippen LogP contribution >= 0.6 is 11.3 Å². The lowest BCUT2D eigenvalue weighted by Gasteiger charge is -2.28. The zero-order chi connectivity index (χ0) is 21.1. The molecule has 0 aliphatic carbocycles. The largest absolute Gasteiger partial charge is 0.465 e. The second kappa shape index (κ2) is 8.66. The predicted molar refractivity (Wildman–Crippen MR) is 114 cm³/mol. The normalized spacial score (nSPS) is 16.0. The van der Waals surface area contributed by atoms with E-state index in [-0.39, 0.29) is 11.9 Å². The molecule has 0 spiro atoms. The number of benzene rings is 1. The molecule has 1 aromatic carbocycles. The number of aromatic nitrogens is 3. The number of thiazole rings is 1. The molecule has 1 N–H and O–H groups in total. The second-order valence-corrected chi connectivity index (χ2v) is 8.07. The molecule has 1 aliphatic rings. The molecule has 156 valence electrons. The van der Waals surface area contributed by atoms with Gasteiger partial charge >= 0.3 is 6.09 Å². The van der Waals surface area contributed by atoms with E-state index in [4.69, 9.17) is 0 Å². The molecule has 2 amide bonds. The molecule has 8 nitrogen and oxygen atoms in total. The number of nitrogens with zero attached hydrogens (tertiary/aromatic N) is 5. The first kappa shape index (κ1) is 20.1. The fourth-order valence-corrected chi connectivity index (χ4v) is 4.44. The van der Waals surface area contributed by atoms with Crippen LogP contribution in [0, 0.1) is 0 Å². The molecule has 0 bridgehead atoms. The molecule has 0 unspecified atom stereocenters. The minimum Gasteiger partial charge on any atom is -0.465 e. The Hall–Kier alpha value is -3.20. The van der Waals surface area contributed by atoms with Crippen molar-refractivity contribution in [1.82, 2.24) is 24.6 Å². The fourth-order valence-electron chi connectivity index (χ4n) is 3.67. The molecule has 1 fully saturated rings. The maximum absolute atomic E-state index is 13.2. The first-order chi connectivity index (χ1) is 14.6. The summed E-state index contributed by atoms with van der Waals surface area (Å²) in [6.45, 7) is 3.39. The van der Waals surface area contributed by atoms with Gasteiger partial charge in [0.25, 0.3) is 5.91 Å². The number of amides is 2. The van der Waals surface area contributed by atoms with Crippen LogP contribution in [0.1, 0.15) is 30.3 Å². The monoisotopic (exact) mass is 425 g/mol. The van der Waals surface area contributed by atoms with Crippen LogP contribution in [0.4, 0.5) is 4.79 Å². The van der Waals surface area contributed by atoms with Crippen molar-refractivity contribution in [3.05, 3.63) is 53.8 Å². The van der Waals surface area contributed by atoms with E-state index in [1.54, 1.807) is 21.2 Å². The third-order valence-electron chi connectivity index (χ3n) is 5.17. The molecule has 3 heterocycles. The molecule has 4 rings (SSSR count). The Balaban J connectivity index is 1.52. The van der Waals surface area contributed by atoms with E-state index < -0.39 is 6.09 Å². The van der Waals surface area contributed by atoms with Crippen molar-refractivity contribution >= 4 is 23.3 Å². The summed E-state index contributed by atoms with van der Waals surface area (Å²) in [7, 11) is 0. The first-order valence-corrected chi connectivity index (χ1v) is 10.8. The number of hydrogen-bond acceptors (Lipinski definition) is 5. The van der Waals surface area contributed by atoms with Gasteiger partial charge in [0, 0.05) is 36.8 Å². The molecule has 1 aliphatic heterocycles. The van der Waals surface area contributed by atoms with Gasteiger partial charge in [0.15, 0.2) is 0 Å². The lowest BCUT2D eigenvalue weighted by atomic mass is 10.2. The van der Waals surface area contributed by atoms with Crippen molar-refractivity contribution in [2.75, 3.05) is 19.6 Å². The zero-order valence-corrected chi connectivity index (χ0v) is 17.5. The summed E-state index contributed by atoms with van der Waals surface area (Å²) in [6, 6.07) is 9.69. The highest BCUT2D eigenvalue weighted by molar-refractivity contribution is 7.13. The summed E-state index contributed by atoms with van der Waals surface area (Å²) in [5, 5.41) is 16.1. The van der Waals surface area contributed by atoms with E-state index in [1.807, 2.05) is 43.5 Å². The van der Waals surface area contributed by atoms with Gasteiger partial charge < -0.3 is 14.9 Å². The lowest BCUT2D eigenvalue weighted by Crippen LogP contribution is -2.43. The Bertz CT molecular complexity index is 1030. The number of likely N-dealkylation sites (tertiary alicyclic amines) is 1. The quantitative estimate of drug-likeness (QED) is 0.652. The van der Waals surface area contributed by atoms with Gasteiger partial charge in [-0.15, -0.1) is 11.3 Å². The molecule has 3 aromatic rings. The summed E-state index contributed by atoms with van der Waals surface area (Å²) in [5.41, 5.74) is 2.20. The number of carbonyl (C=O) groups is 2. The van der Waals surface area contributed by atoms with E-state index in [0.29, 0.717) is 31.7 Å². The average molecular weight is 426 g/mol. The molecular formula is C21H23N5O3S. The molecule has 1 atom stereocenters. The average Bonchev–Trinajstić information content (AvgIpc) is 3.52. The molecule has 9 heteroatoms. The molecule has 30 heavy (non-hydrogen) atoms. The summed E-state index contributed by atoms with van der Waals surface area (Å²) < 4.78 is 1.78. The third kappa shape index (κ3) is 4.06. The number of rotatable bonds is 6. The summed E-state index contributed by atoms with van der Waals surface area (Å²) in [6.07, 6.45) is 4.15. The van der Waals surface area contributed by atoms with Crippen LogP contribution in [-0.4, -0.2) is 67.3 Å². The van der Waals surface area contributed by atoms with Crippen molar-refractivity contribution in [3.63, 3.8) is 0 Å². The summed E-state index contributed by atoms with van der Waals surface area (Å²) in [5.74, 6) is -0.146. The smallest absolute Gasteiger partial charge is 0.407 e. The van der Waals surface area contributed by atoms with Crippen LogP contribution in [-0.2, 0) is 0 Å². The van der Waals surface area contributed by atoms with Gasteiger partial charge in [-0.1, -0.05) is 25.1 Å². The van der Waals surface area contributed by atoms with Gasteiger partial charge in [0.1, 0.15) is 10.7 Å². The number of carbonyl (C=O) groups excluding carboxylic acids is 1. The minimum absolute atomic E-state index is 0.112. The van der Waals surface area contributed by atoms with Crippen LogP contribution < -0.4 is 0 Å². The Labute approximate surface area is 178 Å². The topological polar surface area (TPSA) is 91.6 Å². The number of hydrogen-bond donors (Lipinski definition) is 1. The summed E-state index contributed by atoms with van der Waals surface area (Å²) in [4.78, 5) is 32.1. The van der Waals surface area contributed by atoms with Gasteiger partial charge in [0.2, 0.25) is 0 Å². The van der Waals surface area contributed by atoms with Crippen LogP contribution in [0.5, 0.6) is 0 Å². The highest BCUT2D eigenvalue weighted by Crippen LogP contribution is 2.26. The van der Waals surface area contributed by atoms with Crippen LogP contribution in [0.15, 0.2) is 48.1 Å². The molecular weight excluding hydrogens is 402 g/mol. The van der Waals surface area contributed by atoms with Gasteiger partial charge in [-0.3, -0.25) is 4.79 Å². The maximum atomic E-state index is 13.2. The Morgan fingerprint density at radius 3 is 2.80 bits per heavy atom. The predicted octanol–water partition coefficient (Wildman–Crippen LogP) is 3.60. The Morgan fingerprint density at radius 1 is 1.30 bits per heavy atom. The van der Waals surface area contributed by atoms with E-state index in [0.717, 1.165) is 22.7 Å². The lowest BCUT2D eigenvalue weighted by molar-refractivity contribution is 0.0674. The highest BCUT2D eigenvalue weighted by atomic mass is 32.1. The van der Waals surface area contributed by atoms with Crippen LogP contribution in [0.2, 0.25) is 0 Å². The van der Waals surface area contributed by atoms with Crippen molar-refractivity contribution < 1.29 is 14.7 Å². The van der Waals surface area contributed by atoms with Crippen molar-refractivity contribution in [2.45, 2.75) is 25.8 Å². The van der Waals surface area contributed by atoms with Crippen molar-refractivity contribution in [2.24, 2.45) is 0 Å². The minimum atomic E-state index is -0.937. The van der Waals surface area contributed by atoms with Gasteiger partial charge in [-0.05, 0) is 25.0 Å². The highest BCUT2D eigenvalue weighted by Gasteiger charge is 2.33. The third-order valence-corrected chi connectivity index (χ3v) is 6.06. The van der Waals surface area contributed by atoms with E-state index >= 15 is 0 Å². The molecule has 1 saturated heterocycles. The molecule has 0 saturated carbocycles. The Kier molecular flexibility index (Phi) is 5.80. The van der Waals surface area contributed by atoms with Crippen molar-refractivity contribution in [1.29, 1.82) is 0 Å². The first-order valence-electron chi connectivity index (χ1n) is 9.91. The molecule has 2 aromatic heterocycles.